The number of benzene rings is 1. The Morgan fingerprint density at radius 3 is 2.14 bits per heavy atom. The molecular formula is C15H18N2O5. The van der Waals surface area contributed by atoms with Crippen LogP contribution in [0.25, 0.3) is 0 Å². The van der Waals surface area contributed by atoms with Gasteiger partial charge in [0.2, 0.25) is 5.91 Å². The van der Waals surface area contributed by atoms with Gasteiger partial charge in [0.15, 0.2) is 5.84 Å². The number of nitrogens with zero attached hydrogens (tertiary/aromatic N) is 2. The number of amidine groups is 1. The van der Waals surface area contributed by atoms with E-state index < -0.39 is 18.1 Å². The smallest absolute Gasteiger partial charge is 0.435 e. The predicted octanol–water partition coefficient (Wildman–Crippen LogP) is 2.59. The Hall–Kier alpha value is -2.70. The minimum absolute atomic E-state index is 0.0874. The zero-order chi connectivity index (χ0) is 16.5. The Morgan fingerprint density at radius 2 is 1.64 bits per heavy atom. The highest BCUT2D eigenvalue weighted by Gasteiger charge is 2.27. The number of carbonyl (C=O) groups is 3. The highest BCUT2D eigenvalue weighted by molar-refractivity contribution is 6.18. The van der Waals surface area contributed by atoms with Gasteiger partial charge in [-0.25, -0.2) is 9.59 Å². The summed E-state index contributed by atoms with van der Waals surface area (Å²) in [6.45, 7) is 4.64. The van der Waals surface area contributed by atoms with Crippen molar-refractivity contribution in [1.29, 1.82) is 0 Å². The van der Waals surface area contributed by atoms with E-state index in [2.05, 4.69) is 4.99 Å². The lowest BCUT2D eigenvalue weighted by atomic mass is 10.2. The third-order valence-corrected chi connectivity index (χ3v) is 2.47. The molecule has 1 aromatic rings. The highest BCUT2D eigenvalue weighted by atomic mass is 16.6. The van der Waals surface area contributed by atoms with Crippen molar-refractivity contribution in [2.75, 3.05) is 13.2 Å². The van der Waals surface area contributed by atoms with Gasteiger partial charge < -0.3 is 9.47 Å². The van der Waals surface area contributed by atoms with Crippen LogP contribution in [0, 0.1) is 0 Å². The van der Waals surface area contributed by atoms with Gasteiger partial charge in [0.1, 0.15) is 0 Å². The van der Waals surface area contributed by atoms with E-state index in [1.54, 1.807) is 44.2 Å². The van der Waals surface area contributed by atoms with Crippen LogP contribution in [0.3, 0.4) is 0 Å². The SMILES string of the molecule is CCOC(=O)/N=C(/c1ccccc1)N(C(C)=O)C(=O)OCC. The number of aliphatic imine (C=N–C) groups is 1. The molecule has 0 unspecified atom stereocenters. The molecule has 0 aliphatic carbocycles. The van der Waals surface area contributed by atoms with Crippen molar-refractivity contribution in [2.45, 2.75) is 20.8 Å². The Balaban J connectivity index is 3.31. The Morgan fingerprint density at radius 1 is 1.05 bits per heavy atom. The first-order valence-corrected chi connectivity index (χ1v) is 6.79. The lowest BCUT2D eigenvalue weighted by Crippen LogP contribution is -2.42. The second-order valence-electron chi connectivity index (χ2n) is 4.05. The van der Waals surface area contributed by atoms with Crippen LogP contribution < -0.4 is 0 Å². The van der Waals surface area contributed by atoms with Crippen LogP contribution in [-0.4, -0.2) is 42.0 Å². The van der Waals surface area contributed by atoms with Gasteiger partial charge >= 0.3 is 12.2 Å². The number of rotatable bonds is 3. The summed E-state index contributed by atoms with van der Waals surface area (Å²) in [5.41, 5.74) is 0.416. The average Bonchev–Trinajstić information content (AvgIpc) is 2.47. The van der Waals surface area contributed by atoms with Gasteiger partial charge in [-0.2, -0.15) is 9.89 Å². The third kappa shape index (κ3) is 4.69. The molecule has 7 nitrogen and oxygen atoms in total. The molecule has 0 N–H and O–H groups in total. The van der Waals surface area contributed by atoms with E-state index in [0.717, 1.165) is 0 Å². The fourth-order valence-electron chi connectivity index (χ4n) is 1.63. The molecule has 3 amide bonds. The number of imide groups is 1. The van der Waals surface area contributed by atoms with Crippen LogP contribution in [0.4, 0.5) is 9.59 Å². The first-order valence-electron chi connectivity index (χ1n) is 6.79. The topological polar surface area (TPSA) is 85.3 Å². The number of amides is 3. The van der Waals surface area contributed by atoms with E-state index in [1.165, 1.54) is 6.92 Å². The molecule has 1 rings (SSSR count). The molecule has 0 saturated heterocycles. The summed E-state index contributed by atoms with van der Waals surface area (Å²) in [6, 6.07) is 8.38. The summed E-state index contributed by atoms with van der Waals surface area (Å²) < 4.78 is 9.59. The summed E-state index contributed by atoms with van der Waals surface area (Å²) in [6.07, 6.45) is -1.79. The van der Waals surface area contributed by atoms with Gasteiger partial charge in [-0.15, -0.1) is 0 Å². The first-order chi connectivity index (χ1) is 10.5. The van der Waals surface area contributed by atoms with Gasteiger partial charge in [0.05, 0.1) is 13.2 Å². The Labute approximate surface area is 128 Å². The van der Waals surface area contributed by atoms with Crippen LogP contribution in [0.1, 0.15) is 26.3 Å². The van der Waals surface area contributed by atoms with Crippen molar-refractivity contribution in [1.82, 2.24) is 4.90 Å². The molecule has 22 heavy (non-hydrogen) atoms. The molecule has 0 atom stereocenters. The van der Waals surface area contributed by atoms with E-state index >= 15 is 0 Å². The summed E-state index contributed by atoms with van der Waals surface area (Å²) in [5, 5.41) is 0. The predicted molar refractivity (Wildman–Crippen MR) is 79.5 cm³/mol. The maximum atomic E-state index is 12.0. The van der Waals surface area contributed by atoms with Crippen molar-refractivity contribution in [3.63, 3.8) is 0 Å². The molecule has 118 valence electrons. The molecule has 7 heteroatoms. The minimum Gasteiger partial charge on any atom is -0.449 e. The van der Waals surface area contributed by atoms with Crippen LogP contribution in [-0.2, 0) is 14.3 Å². The van der Waals surface area contributed by atoms with Gasteiger partial charge in [0, 0.05) is 12.5 Å². The zero-order valence-corrected chi connectivity index (χ0v) is 12.7. The number of carbonyl (C=O) groups excluding carboxylic acids is 3. The number of hydrogen-bond acceptors (Lipinski definition) is 5. The number of ether oxygens (including phenoxy) is 2. The fourth-order valence-corrected chi connectivity index (χ4v) is 1.63. The molecule has 0 aliphatic rings. The van der Waals surface area contributed by atoms with E-state index in [1.807, 2.05) is 0 Å². The second kappa shape index (κ2) is 8.56. The van der Waals surface area contributed by atoms with Crippen LogP contribution >= 0.6 is 0 Å². The molecule has 1 aromatic carbocycles. The van der Waals surface area contributed by atoms with E-state index in [-0.39, 0.29) is 19.0 Å². The van der Waals surface area contributed by atoms with Gasteiger partial charge in [-0.1, -0.05) is 30.3 Å². The lowest BCUT2D eigenvalue weighted by molar-refractivity contribution is -0.123. The maximum Gasteiger partial charge on any atom is 0.435 e. The molecular weight excluding hydrogens is 288 g/mol. The Bertz CT molecular complexity index is 569. The summed E-state index contributed by atoms with van der Waals surface area (Å²) in [5.74, 6) is -0.754. The molecule has 0 heterocycles. The van der Waals surface area contributed by atoms with Crippen LogP contribution in [0.15, 0.2) is 35.3 Å². The molecule has 0 fully saturated rings. The zero-order valence-electron chi connectivity index (χ0n) is 12.7. The second-order valence-corrected chi connectivity index (χ2v) is 4.05. The quantitative estimate of drug-likeness (QED) is 0.633. The fraction of sp³-hybridized carbons (Fsp3) is 0.333. The van der Waals surface area contributed by atoms with Crippen molar-refractivity contribution in [3.05, 3.63) is 35.9 Å². The minimum atomic E-state index is -0.901. The number of hydrogen-bond donors (Lipinski definition) is 0. The first kappa shape index (κ1) is 17.4. The van der Waals surface area contributed by atoms with Gasteiger partial charge in [0.25, 0.3) is 0 Å². The molecule has 0 radical (unpaired) electrons. The average molecular weight is 306 g/mol. The van der Waals surface area contributed by atoms with Crippen molar-refractivity contribution in [2.24, 2.45) is 4.99 Å². The molecule has 0 saturated carbocycles. The van der Waals surface area contributed by atoms with E-state index in [0.29, 0.717) is 10.5 Å². The highest BCUT2D eigenvalue weighted by Crippen LogP contribution is 2.10. The largest absolute Gasteiger partial charge is 0.449 e. The van der Waals surface area contributed by atoms with Crippen molar-refractivity contribution >= 4 is 23.9 Å². The summed E-state index contributed by atoms with van der Waals surface area (Å²) in [7, 11) is 0. The normalized spacial score (nSPS) is 10.8. The summed E-state index contributed by atoms with van der Waals surface area (Å²) in [4.78, 5) is 39.9. The monoisotopic (exact) mass is 306 g/mol. The van der Waals surface area contributed by atoms with E-state index in [4.69, 9.17) is 9.47 Å². The lowest BCUT2D eigenvalue weighted by Gasteiger charge is -2.20. The Kier molecular flexibility index (Phi) is 6.75. The molecule has 0 bridgehead atoms. The van der Waals surface area contributed by atoms with Crippen molar-refractivity contribution < 1.29 is 23.9 Å². The molecule has 0 aliphatic heterocycles. The molecule has 0 aromatic heterocycles. The van der Waals surface area contributed by atoms with Gasteiger partial charge in [-0.05, 0) is 13.8 Å². The van der Waals surface area contributed by atoms with Crippen molar-refractivity contribution in [3.8, 4) is 0 Å². The standard InChI is InChI=1S/C15H18N2O5/c1-4-21-14(19)16-13(12-9-7-6-8-10-12)17(11(3)18)15(20)22-5-2/h6-10H,4-5H2,1-3H3/b16-13-. The molecule has 0 spiro atoms. The maximum absolute atomic E-state index is 12.0. The van der Waals surface area contributed by atoms with Crippen LogP contribution in [0.5, 0.6) is 0 Å². The van der Waals surface area contributed by atoms with E-state index in [9.17, 15) is 14.4 Å². The summed E-state index contributed by atoms with van der Waals surface area (Å²) >= 11 is 0. The van der Waals surface area contributed by atoms with Crippen LogP contribution in [0.2, 0.25) is 0 Å². The third-order valence-electron chi connectivity index (χ3n) is 2.47. The van der Waals surface area contributed by atoms with Gasteiger partial charge in [-0.3, -0.25) is 4.79 Å².